The lowest BCUT2D eigenvalue weighted by atomic mass is 10.3. The second-order valence-electron chi connectivity index (χ2n) is 4.22. The van der Waals surface area contributed by atoms with E-state index in [0.29, 0.717) is 17.0 Å². The number of carbonyl (C=O) groups is 1. The van der Waals surface area contributed by atoms with E-state index in [1.54, 1.807) is 19.0 Å². The summed E-state index contributed by atoms with van der Waals surface area (Å²) in [6.45, 7) is -0.300. The number of hydrogen-bond donors (Lipinski definition) is 1. The summed E-state index contributed by atoms with van der Waals surface area (Å²) in [5, 5.41) is 19.7. The van der Waals surface area contributed by atoms with Crippen molar-refractivity contribution in [1.29, 1.82) is 0 Å². The topological polar surface area (TPSA) is 101 Å². The van der Waals surface area contributed by atoms with Crippen LogP contribution in [0.2, 0.25) is 0 Å². The van der Waals surface area contributed by atoms with E-state index in [4.69, 9.17) is 5.11 Å². The summed E-state index contributed by atoms with van der Waals surface area (Å²) in [6.07, 6.45) is 0. The Morgan fingerprint density at radius 1 is 1.53 bits per heavy atom. The van der Waals surface area contributed by atoms with Gasteiger partial charge in [0.1, 0.15) is 6.54 Å². The molecule has 0 aliphatic heterocycles. The van der Waals surface area contributed by atoms with E-state index < -0.39 is 10.9 Å². The Morgan fingerprint density at radius 2 is 2.21 bits per heavy atom. The van der Waals surface area contributed by atoms with Crippen LogP contribution >= 0.6 is 0 Å². The van der Waals surface area contributed by atoms with Gasteiger partial charge in [-0.25, -0.2) is 4.98 Å². The maximum absolute atomic E-state index is 10.9. The van der Waals surface area contributed by atoms with E-state index in [9.17, 15) is 14.9 Å². The molecule has 19 heavy (non-hydrogen) atoms. The molecule has 8 nitrogen and oxygen atoms in total. The number of rotatable bonds is 4. The average molecular weight is 264 g/mol. The zero-order chi connectivity index (χ0) is 14.2. The first-order chi connectivity index (χ1) is 8.90. The van der Waals surface area contributed by atoms with Crippen molar-refractivity contribution in [2.75, 3.05) is 19.0 Å². The Kier molecular flexibility index (Phi) is 3.07. The molecule has 1 aromatic heterocycles. The number of carboxylic acids is 1. The van der Waals surface area contributed by atoms with Gasteiger partial charge < -0.3 is 10.0 Å². The molecule has 0 spiro atoms. The van der Waals surface area contributed by atoms with E-state index in [2.05, 4.69) is 4.98 Å². The van der Waals surface area contributed by atoms with Gasteiger partial charge in [0, 0.05) is 26.2 Å². The number of imidazole rings is 1. The van der Waals surface area contributed by atoms with Crippen LogP contribution in [0.4, 0.5) is 11.6 Å². The van der Waals surface area contributed by atoms with Crippen molar-refractivity contribution in [3.8, 4) is 0 Å². The maximum atomic E-state index is 10.9. The predicted molar refractivity (Wildman–Crippen MR) is 68.4 cm³/mol. The molecule has 1 heterocycles. The number of aliphatic carboxylic acids is 1. The molecule has 0 unspecified atom stereocenters. The number of aromatic nitrogens is 2. The molecule has 2 rings (SSSR count). The fourth-order valence-electron chi connectivity index (χ4n) is 1.84. The third-order valence-electron chi connectivity index (χ3n) is 2.62. The van der Waals surface area contributed by atoms with Gasteiger partial charge in [-0.2, -0.15) is 0 Å². The molecule has 1 N–H and O–H groups in total. The van der Waals surface area contributed by atoms with Crippen LogP contribution in [0.15, 0.2) is 18.2 Å². The van der Waals surface area contributed by atoms with Gasteiger partial charge in [-0.15, -0.1) is 0 Å². The molecule has 0 saturated carbocycles. The summed E-state index contributed by atoms with van der Waals surface area (Å²) in [7, 11) is 3.46. The fraction of sp³-hybridized carbons (Fsp3) is 0.273. The monoisotopic (exact) mass is 264 g/mol. The molecule has 8 heteroatoms. The Labute approximate surface area is 108 Å². The Bertz CT molecular complexity index is 662. The van der Waals surface area contributed by atoms with Crippen molar-refractivity contribution in [3.63, 3.8) is 0 Å². The first kappa shape index (κ1) is 12.8. The highest BCUT2D eigenvalue weighted by Crippen LogP contribution is 2.25. The minimum absolute atomic E-state index is 0.0932. The smallest absolute Gasteiger partial charge is 0.323 e. The highest BCUT2D eigenvalue weighted by Gasteiger charge is 2.17. The van der Waals surface area contributed by atoms with Crippen molar-refractivity contribution in [1.82, 2.24) is 9.55 Å². The normalized spacial score (nSPS) is 10.6. The third kappa shape index (κ3) is 2.32. The minimum Gasteiger partial charge on any atom is -0.480 e. The van der Waals surface area contributed by atoms with Crippen LogP contribution in [-0.4, -0.2) is 39.6 Å². The number of nitro benzene ring substituents is 1. The molecule has 2 aromatic rings. The molecular weight excluding hydrogens is 252 g/mol. The standard InChI is InChI=1S/C11H12N4O4/c1-13(2)11-12-8-4-3-7(15(18)19)5-9(8)14(11)6-10(16)17/h3-5H,6H2,1-2H3,(H,16,17). The predicted octanol–water partition coefficient (Wildman–Crippen LogP) is 1.10. The molecule has 0 bridgehead atoms. The van der Waals surface area contributed by atoms with Gasteiger partial charge in [0.05, 0.1) is 16.0 Å². The molecule has 0 aliphatic rings. The van der Waals surface area contributed by atoms with E-state index in [-0.39, 0.29) is 12.2 Å². The van der Waals surface area contributed by atoms with Crippen LogP contribution < -0.4 is 4.90 Å². The van der Waals surface area contributed by atoms with Crippen molar-refractivity contribution >= 4 is 28.6 Å². The van der Waals surface area contributed by atoms with Crippen LogP contribution in [0.5, 0.6) is 0 Å². The summed E-state index contributed by atoms with van der Waals surface area (Å²) in [5.74, 6) is -0.591. The summed E-state index contributed by atoms with van der Waals surface area (Å²) in [5.41, 5.74) is 0.861. The number of hydrogen-bond acceptors (Lipinski definition) is 5. The van der Waals surface area contributed by atoms with Gasteiger partial charge in [-0.3, -0.25) is 19.5 Å². The van der Waals surface area contributed by atoms with Crippen molar-refractivity contribution < 1.29 is 14.8 Å². The molecule has 0 atom stereocenters. The van der Waals surface area contributed by atoms with Crippen LogP contribution in [0, 0.1) is 10.1 Å². The summed E-state index contributed by atoms with van der Waals surface area (Å²) in [6, 6.07) is 4.19. The zero-order valence-electron chi connectivity index (χ0n) is 10.4. The number of carboxylic acid groups (broad SMARTS) is 1. The van der Waals surface area contributed by atoms with Gasteiger partial charge in [-0.05, 0) is 6.07 Å². The summed E-state index contributed by atoms with van der Waals surface area (Å²) >= 11 is 0. The van der Waals surface area contributed by atoms with Crippen LogP contribution in [0.25, 0.3) is 11.0 Å². The number of nitro groups is 1. The Morgan fingerprint density at radius 3 is 2.74 bits per heavy atom. The lowest BCUT2D eigenvalue weighted by Gasteiger charge is -2.13. The fourth-order valence-corrected chi connectivity index (χ4v) is 1.84. The van der Waals surface area contributed by atoms with Crippen LogP contribution in [-0.2, 0) is 11.3 Å². The molecule has 1 aromatic carbocycles. The third-order valence-corrected chi connectivity index (χ3v) is 2.62. The molecule has 0 radical (unpaired) electrons. The lowest BCUT2D eigenvalue weighted by Crippen LogP contribution is -2.18. The van der Waals surface area contributed by atoms with E-state index in [1.807, 2.05) is 0 Å². The quantitative estimate of drug-likeness (QED) is 0.655. The summed E-state index contributed by atoms with van der Waals surface area (Å²) in [4.78, 5) is 27.1. The molecule has 0 saturated heterocycles. The first-order valence-electron chi connectivity index (χ1n) is 5.44. The van der Waals surface area contributed by atoms with Crippen LogP contribution in [0.3, 0.4) is 0 Å². The molecule has 100 valence electrons. The zero-order valence-corrected chi connectivity index (χ0v) is 10.4. The number of anilines is 1. The van der Waals surface area contributed by atoms with E-state index in [0.717, 1.165) is 0 Å². The highest BCUT2D eigenvalue weighted by atomic mass is 16.6. The Hall–Kier alpha value is -2.64. The maximum Gasteiger partial charge on any atom is 0.323 e. The second-order valence-corrected chi connectivity index (χ2v) is 4.22. The second kappa shape index (κ2) is 4.56. The summed E-state index contributed by atoms with van der Waals surface area (Å²) < 4.78 is 1.44. The molecule has 0 amide bonds. The highest BCUT2D eigenvalue weighted by molar-refractivity contribution is 5.83. The van der Waals surface area contributed by atoms with Gasteiger partial charge in [0.15, 0.2) is 0 Å². The average Bonchev–Trinajstić information content (AvgIpc) is 2.66. The molecule has 0 fully saturated rings. The first-order valence-corrected chi connectivity index (χ1v) is 5.44. The van der Waals surface area contributed by atoms with Gasteiger partial charge in [0.25, 0.3) is 5.69 Å². The van der Waals surface area contributed by atoms with Crippen molar-refractivity contribution in [2.45, 2.75) is 6.54 Å². The number of fused-ring (bicyclic) bond motifs is 1. The number of non-ortho nitro benzene ring substituents is 1. The number of nitrogens with zero attached hydrogens (tertiary/aromatic N) is 4. The lowest BCUT2D eigenvalue weighted by molar-refractivity contribution is -0.384. The van der Waals surface area contributed by atoms with Gasteiger partial charge in [0.2, 0.25) is 5.95 Å². The van der Waals surface area contributed by atoms with E-state index >= 15 is 0 Å². The van der Waals surface area contributed by atoms with E-state index in [1.165, 1.54) is 22.8 Å². The van der Waals surface area contributed by atoms with Gasteiger partial charge in [-0.1, -0.05) is 0 Å². The largest absolute Gasteiger partial charge is 0.480 e. The minimum atomic E-state index is -1.03. The molecule has 0 aliphatic carbocycles. The van der Waals surface area contributed by atoms with Gasteiger partial charge >= 0.3 is 5.97 Å². The number of benzene rings is 1. The van der Waals surface area contributed by atoms with Crippen molar-refractivity contribution in [2.24, 2.45) is 0 Å². The SMILES string of the molecule is CN(C)c1nc2ccc([N+](=O)[O-])cc2n1CC(=O)O. The molecular formula is C11H12N4O4. The Balaban J connectivity index is 2.69. The van der Waals surface area contributed by atoms with Crippen molar-refractivity contribution in [3.05, 3.63) is 28.3 Å². The van der Waals surface area contributed by atoms with Crippen LogP contribution in [0.1, 0.15) is 0 Å².